The number of ether oxygens (including phenoxy) is 7. The van der Waals surface area contributed by atoms with Crippen LogP contribution in [0, 0.1) is 0 Å². The molecule has 49 heavy (non-hydrogen) atoms. The van der Waals surface area contributed by atoms with Crippen LogP contribution in [-0.2, 0) is 33.2 Å². The van der Waals surface area contributed by atoms with E-state index in [1.165, 1.54) is 17.8 Å². The van der Waals surface area contributed by atoms with Crippen LogP contribution in [0.5, 0.6) is 0 Å². The number of halogens is 1. The molecule has 1 fully saturated rings. The molecule has 0 radical (unpaired) electrons. The van der Waals surface area contributed by atoms with E-state index in [1.54, 1.807) is 83.1 Å². The van der Waals surface area contributed by atoms with Gasteiger partial charge in [0.25, 0.3) is 0 Å². The number of nitrogens with zero attached hydrogens (tertiary/aromatic N) is 5. The molecule has 2 amide bonds. The summed E-state index contributed by atoms with van der Waals surface area (Å²) in [6, 6.07) is 0. The standard InChI is InChI=1S/C31H46ClN5O12/c1-27(2,3)45-23(39)37(24(40)46-28(4,5)6)20-17-19(34-22(32)35-20)36(15-33-17)21-18(44-25(41)47-29(7,8)9)31(13,16(14-38)43-21)49-26(42)48-30(10,11)12/h15-16,18,21,38H,14H2,1-13H3/t16-,18+,21-,31-/m1/s1. The molecule has 0 aromatic carbocycles. The molecule has 274 valence electrons. The first kappa shape index (κ1) is 39.5. The van der Waals surface area contributed by atoms with E-state index in [2.05, 4.69) is 15.0 Å². The zero-order valence-electron chi connectivity index (χ0n) is 30.1. The Bertz CT molecular complexity index is 1540. The number of carbonyl (C=O) groups is 4. The van der Waals surface area contributed by atoms with Gasteiger partial charge in [-0.15, -0.1) is 0 Å². The molecule has 3 rings (SSSR count). The minimum Gasteiger partial charge on any atom is -0.443 e. The van der Waals surface area contributed by atoms with Crippen molar-refractivity contribution in [2.45, 2.75) is 136 Å². The van der Waals surface area contributed by atoms with Crippen molar-refractivity contribution >= 4 is 53.1 Å². The fraction of sp³-hybridized carbons (Fsp3) is 0.710. The number of aromatic nitrogens is 4. The van der Waals surface area contributed by atoms with Gasteiger partial charge in [0.05, 0.1) is 12.9 Å². The topological polar surface area (TPSA) is 200 Å². The summed E-state index contributed by atoms with van der Waals surface area (Å²) in [5.41, 5.74) is -6.15. The lowest BCUT2D eigenvalue weighted by molar-refractivity contribution is -0.130. The fourth-order valence-corrected chi connectivity index (χ4v) is 4.64. The molecule has 0 unspecified atom stereocenters. The highest BCUT2D eigenvalue weighted by Crippen LogP contribution is 2.44. The number of hydrogen-bond acceptors (Lipinski definition) is 15. The van der Waals surface area contributed by atoms with E-state index in [9.17, 15) is 24.3 Å². The normalized spacial score (nSPS) is 21.6. The highest BCUT2D eigenvalue weighted by atomic mass is 35.5. The first-order chi connectivity index (χ1) is 22.1. The lowest BCUT2D eigenvalue weighted by Gasteiger charge is -2.34. The fourth-order valence-electron chi connectivity index (χ4n) is 4.48. The Labute approximate surface area is 289 Å². The van der Waals surface area contributed by atoms with Crippen LogP contribution in [0.25, 0.3) is 11.2 Å². The van der Waals surface area contributed by atoms with E-state index >= 15 is 0 Å². The second-order valence-corrected chi connectivity index (χ2v) is 15.7. The van der Waals surface area contributed by atoms with Gasteiger partial charge < -0.3 is 38.3 Å². The second kappa shape index (κ2) is 13.7. The Kier molecular flexibility index (Phi) is 11.1. The van der Waals surface area contributed by atoms with Crippen LogP contribution in [0.1, 0.15) is 96.2 Å². The molecule has 18 heteroatoms. The minimum absolute atomic E-state index is 0.117. The summed E-state index contributed by atoms with van der Waals surface area (Å²) in [6.07, 6.45) is -7.64. The highest BCUT2D eigenvalue weighted by Gasteiger charge is 2.61. The van der Waals surface area contributed by atoms with Crippen LogP contribution in [-0.4, -0.2) is 95.9 Å². The predicted molar refractivity (Wildman–Crippen MR) is 173 cm³/mol. The van der Waals surface area contributed by atoms with Gasteiger partial charge in [0.2, 0.25) is 5.28 Å². The third-order valence-electron chi connectivity index (χ3n) is 6.25. The minimum atomic E-state index is -1.88. The van der Waals surface area contributed by atoms with Gasteiger partial charge in [-0.25, -0.2) is 24.2 Å². The van der Waals surface area contributed by atoms with Crippen molar-refractivity contribution in [1.82, 2.24) is 19.5 Å². The number of carbonyl (C=O) groups excluding carboxylic acids is 4. The first-order valence-electron chi connectivity index (χ1n) is 15.4. The summed E-state index contributed by atoms with van der Waals surface area (Å²) < 4.78 is 40.5. The van der Waals surface area contributed by atoms with Crippen molar-refractivity contribution in [3.63, 3.8) is 0 Å². The number of anilines is 1. The van der Waals surface area contributed by atoms with Crippen molar-refractivity contribution in [3.8, 4) is 0 Å². The number of rotatable bonds is 5. The van der Waals surface area contributed by atoms with Crippen LogP contribution < -0.4 is 4.90 Å². The molecule has 2 aromatic heterocycles. The van der Waals surface area contributed by atoms with E-state index in [0.717, 1.165) is 0 Å². The number of aliphatic hydroxyl groups excluding tert-OH is 1. The number of amides is 2. The molecule has 17 nitrogen and oxygen atoms in total. The maximum Gasteiger partial charge on any atom is 0.509 e. The van der Waals surface area contributed by atoms with Crippen LogP contribution in [0.4, 0.5) is 25.0 Å². The molecule has 3 heterocycles. The maximum absolute atomic E-state index is 13.4. The molecule has 1 saturated heterocycles. The van der Waals surface area contributed by atoms with E-state index < -0.39 is 88.6 Å². The Morgan fingerprint density at radius 1 is 0.857 bits per heavy atom. The van der Waals surface area contributed by atoms with Gasteiger partial charge in [0.15, 0.2) is 34.9 Å². The van der Waals surface area contributed by atoms with Crippen molar-refractivity contribution in [2.75, 3.05) is 11.5 Å². The van der Waals surface area contributed by atoms with E-state index in [4.69, 9.17) is 44.8 Å². The molecule has 0 saturated carbocycles. The van der Waals surface area contributed by atoms with Crippen molar-refractivity contribution < 1.29 is 57.4 Å². The number of aliphatic hydroxyl groups is 1. The van der Waals surface area contributed by atoms with Crippen LogP contribution in [0.2, 0.25) is 5.28 Å². The molecule has 1 N–H and O–H groups in total. The molecule has 0 aliphatic carbocycles. The largest absolute Gasteiger partial charge is 0.509 e. The Morgan fingerprint density at radius 2 is 1.35 bits per heavy atom. The van der Waals surface area contributed by atoms with Crippen molar-refractivity contribution in [3.05, 3.63) is 11.6 Å². The van der Waals surface area contributed by atoms with Crippen LogP contribution in [0.3, 0.4) is 0 Å². The SMILES string of the molecule is CC(C)(C)OC(=O)O[C@H]1[C@H](n2cnc3c(N(C(=O)OC(C)(C)C)C(=O)OC(C)(C)C)nc(Cl)nc32)O[C@H](CO)[C@@]1(C)OC(=O)OC(C)(C)C. The smallest absolute Gasteiger partial charge is 0.443 e. The van der Waals surface area contributed by atoms with Gasteiger partial charge in [-0.1, -0.05) is 0 Å². The van der Waals surface area contributed by atoms with Gasteiger partial charge in [-0.2, -0.15) is 14.9 Å². The van der Waals surface area contributed by atoms with Gasteiger partial charge in [0.1, 0.15) is 28.5 Å². The van der Waals surface area contributed by atoms with Crippen molar-refractivity contribution in [1.29, 1.82) is 0 Å². The van der Waals surface area contributed by atoms with Crippen molar-refractivity contribution in [2.24, 2.45) is 0 Å². The molecular formula is C31H46ClN5O12. The summed E-state index contributed by atoms with van der Waals surface area (Å²) in [5.74, 6) is -0.397. The Balaban J connectivity index is 2.23. The number of imide groups is 1. The maximum atomic E-state index is 13.4. The van der Waals surface area contributed by atoms with Gasteiger partial charge in [-0.05, 0) is 102 Å². The lowest BCUT2D eigenvalue weighted by Crippen LogP contribution is -2.52. The summed E-state index contributed by atoms with van der Waals surface area (Å²) in [4.78, 5) is 66.1. The van der Waals surface area contributed by atoms with Crippen LogP contribution in [0.15, 0.2) is 6.33 Å². The quantitative estimate of drug-likeness (QED) is 0.212. The molecule has 0 spiro atoms. The average molecular weight is 716 g/mol. The summed E-state index contributed by atoms with van der Waals surface area (Å²) >= 11 is 6.35. The number of fused-ring (bicyclic) bond motifs is 1. The van der Waals surface area contributed by atoms with Gasteiger partial charge in [-0.3, -0.25) is 4.57 Å². The van der Waals surface area contributed by atoms with Gasteiger partial charge >= 0.3 is 24.5 Å². The first-order valence-corrected chi connectivity index (χ1v) is 15.8. The average Bonchev–Trinajstić information content (AvgIpc) is 3.38. The Morgan fingerprint density at radius 3 is 1.82 bits per heavy atom. The van der Waals surface area contributed by atoms with E-state index in [1.807, 2.05) is 0 Å². The molecule has 4 atom stereocenters. The Hall–Kier alpha value is -3.96. The lowest BCUT2D eigenvalue weighted by atomic mass is 9.94. The van der Waals surface area contributed by atoms with E-state index in [0.29, 0.717) is 4.90 Å². The molecule has 0 bridgehead atoms. The molecule has 2 aromatic rings. The molecule has 1 aliphatic rings. The predicted octanol–water partition coefficient (Wildman–Crippen LogP) is 6.08. The summed E-state index contributed by atoms with van der Waals surface area (Å²) in [6.45, 7) is 20.0. The second-order valence-electron chi connectivity index (χ2n) is 15.4. The van der Waals surface area contributed by atoms with E-state index in [-0.39, 0.29) is 11.2 Å². The molecular weight excluding hydrogens is 670 g/mol. The third-order valence-corrected chi connectivity index (χ3v) is 6.42. The van der Waals surface area contributed by atoms with Gasteiger partial charge in [0, 0.05) is 0 Å². The summed E-state index contributed by atoms with van der Waals surface area (Å²) in [5, 5.41) is 9.94. The zero-order valence-corrected chi connectivity index (χ0v) is 30.8. The van der Waals surface area contributed by atoms with Crippen LogP contribution >= 0.6 is 11.6 Å². The third kappa shape index (κ3) is 10.0. The number of hydrogen-bond donors (Lipinski definition) is 1. The monoisotopic (exact) mass is 715 g/mol. The number of imidazole rings is 1. The zero-order chi connectivity index (χ0) is 37.5. The molecule has 1 aliphatic heterocycles. The highest BCUT2D eigenvalue weighted by molar-refractivity contribution is 6.29. The summed E-state index contributed by atoms with van der Waals surface area (Å²) in [7, 11) is 0.